The highest BCUT2D eigenvalue weighted by Gasteiger charge is 2.11. The third-order valence-electron chi connectivity index (χ3n) is 4.87. The number of amides is 1. The number of hydrogen-bond donors (Lipinski definition) is 3. The van der Waals surface area contributed by atoms with Crippen LogP contribution in [0.25, 0.3) is 0 Å². The topological polar surface area (TPSA) is 86.6 Å². The second-order valence-electron chi connectivity index (χ2n) is 7.88. The number of carbonyl (C=O) groups is 2. The summed E-state index contributed by atoms with van der Waals surface area (Å²) in [4.78, 5) is 24.5. The Balaban J connectivity index is 3.04. The first-order valence-electron chi connectivity index (χ1n) is 11.2. The minimum absolute atomic E-state index is 0.0447. The quantitative estimate of drug-likeness (QED) is 0.566. The highest BCUT2D eigenvalue weighted by molar-refractivity contribution is 5.95. The number of ketones is 1. The smallest absolute Gasteiger partial charge is 0.244 e. The fourth-order valence-corrected chi connectivity index (χ4v) is 2.92. The van der Waals surface area contributed by atoms with E-state index in [9.17, 15) is 19.8 Å². The Bertz CT molecular complexity index is 812. The third kappa shape index (κ3) is 12.2. The van der Waals surface area contributed by atoms with Crippen molar-refractivity contribution >= 4 is 11.7 Å². The van der Waals surface area contributed by atoms with Crippen LogP contribution in [0, 0.1) is 0 Å². The van der Waals surface area contributed by atoms with E-state index in [4.69, 9.17) is 0 Å². The molecule has 0 aromatic carbocycles. The van der Waals surface area contributed by atoms with Crippen molar-refractivity contribution in [2.24, 2.45) is 0 Å². The van der Waals surface area contributed by atoms with Crippen LogP contribution in [-0.2, 0) is 9.59 Å². The summed E-state index contributed by atoms with van der Waals surface area (Å²) in [6.45, 7) is 5.66. The summed E-state index contributed by atoms with van der Waals surface area (Å²) in [5, 5.41) is 23.2. The monoisotopic (exact) mass is 439 g/mol. The first kappa shape index (κ1) is 27.3. The number of nitrogens with one attached hydrogen (secondary N) is 1. The van der Waals surface area contributed by atoms with Crippen molar-refractivity contribution in [3.8, 4) is 0 Å². The molecule has 0 saturated heterocycles. The van der Waals surface area contributed by atoms with E-state index in [1.807, 2.05) is 12.2 Å². The molecule has 1 amide bonds. The molecule has 1 heterocycles. The van der Waals surface area contributed by atoms with Gasteiger partial charge in [-0.1, -0.05) is 85.8 Å². The molecule has 5 heteroatoms. The second-order valence-corrected chi connectivity index (χ2v) is 7.88. The standard InChI is InChI=1S/C27H37NO4/c1-4-5-6-7-15-23-16-10-9-14-22(3)24(29)17-12-18-25(30)26(31)20-21(2)13-8-11-19-27(32)28-23/h6-14,18-20,23,25-26,30-31H,4-5,15-17H2,1-3H3,(H,28,32)/b7-6+,10-9+,13-8+,18-12-,19-11+,21-20-,22-14+. The molecule has 0 aromatic rings. The van der Waals surface area contributed by atoms with Gasteiger partial charge < -0.3 is 15.5 Å². The van der Waals surface area contributed by atoms with Crippen LogP contribution in [0.2, 0.25) is 0 Å². The first-order valence-corrected chi connectivity index (χ1v) is 11.2. The lowest BCUT2D eigenvalue weighted by atomic mass is 10.1. The predicted octanol–water partition coefficient (Wildman–Crippen LogP) is 4.42. The molecule has 0 radical (unpaired) electrons. The molecule has 3 unspecified atom stereocenters. The third-order valence-corrected chi connectivity index (χ3v) is 4.87. The van der Waals surface area contributed by atoms with Crippen LogP contribution in [-0.4, -0.2) is 40.2 Å². The van der Waals surface area contributed by atoms with Crippen molar-refractivity contribution in [2.45, 2.75) is 71.1 Å². The normalized spacial score (nSPS) is 31.6. The van der Waals surface area contributed by atoms with Crippen molar-refractivity contribution in [2.75, 3.05) is 0 Å². The average molecular weight is 440 g/mol. The van der Waals surface area contributed by atoms with Gasteiger partial charge in [0.1, 0.15) is 12.2 Å². The van der Waals surface area contributed by atoms with Gasteiger partial charge in [-0.05, 0) is 38.7 Å². The second kappa shape index (κ2) is 16.0. The molecule has 0 aromatic heterocycles. The Kier molecular flexibility index (Phi) is 13.6. The van der Waals surface area contributed by atoms with Crippen LogP contribution in [0.1, 0.15) is 52.9 Å². The van der Waals surface area contributed by atoms with E-state index >= 15 is 0 Å². The Morgan fingerprint density at radius 3 is 2.53 bits per heavy atom. The van der Waals surface area contributed by atoms with E-state index in [0.717, 1.165) is 24.8 Å². The molecule has 0 fully saturated rings. The van der Waals surface area contributed by atoms with Crippen LogP contribution in [0.15, 0.2) is 84.1 Å². The van der Waals surface area contributed by atoms with Crippen molar-refractivity contribution in [3.05, 3.63) is 84.1 Å². The molecular weight excluding hydrogens is 402 g/mol. The SMILES string of the molecule is CCC/C=C/CC1C/C=C/C=C(\C)C(=O)C/C=C\C(O)C(O)\C=C(C)/C=C/C=C/C(=O)N1. The van der Waals surface area contributed by atoms with E-state index in [-0.39, 0.29) is 24.2 Å². The zero-order valence-corrected chi connectivity index (χ0v) is 19.4. The fraction of sp³-hybridized carbons (Fsp3) is 0.407. The van der Waals surface area contributed by atoms with Gasteiger partial charge in [-0.2, -0.15) is 0 Å². The van der Waals surface area contributed by atoms with Gasteiger partial charge in [0.05, 0.1) is 0 Å². The fourth-order valence-electron chi connectivity index (χ4n) is 2.92. The summed E-state index contributed by atoms with van der Waals surface area (Å²) in [5.41, 5.74) is 1.34. The first-order chi connectivity index (χ1) is 15.3. The molecule has 1 aliphatic rings. The minimum Gasteiger partial charge on any atom is -0.386 e. The summed E-state index contributed by atoms with van der Waals surface area (Å²) in [7, 11) is 0. The van der Waals surface area contributed by atoms with E-state index in [1.54, 1.807) is 44.2 Å². The molecule has 1 aliphatic heterocycles. The number of rotatable bonds is 4. The van der Waals surface area contributed by atoms with Crippen molar-refractivity contribution < 1.29 is 19.8 Å². The molecule has 174 valence electrons. The highest BCUT2D eigenvalue weighted by atomic mass is 16.3. The number of aliphatic hydroxyl groups excluding tert-OH is 2. The van der Waals surface area contributed by atoms with E-state index < -0.39 is 12.2 Å². The summed E-state index contributed by atoms with van der Waals surface area (Å²) < 4.78 is 0. The maximum atomic E-state index is 12.3. The lowest BCUT2D eigenvalue weighted by Crippen LogP contribution is -2.32. The largest absolute Gasteiger partial charge is 0.386 e. The summed E-state index contributed by atoms with van der Waals surface area (Å²) in [5.74, 6) is -0.246. The molecule has 0 saturated carbocycles. The Hall–Kier alpha value is -2.76. The maximum absolute atomic E-state index is 12.3. The molecule has 32 heavy (non-hydrogen) atoms. The van der Waals surface area contributed by atoms with Crippen molar-refractivity contribution in [1.29, 1.82) is 0 Å². The number of aliphatic hydroxyl groups is 2. The van der Waals surface area contributed by atoms with Crippen molar-refractivity contribution in [3.63, 3.8) is 0 Å². The molecule has 1 rings (SSSR count). The number of unbranched alkanes of at least 4 members (excludes halogenated alkanes) is 1. The van der Waals surface area contributed by atoms with Gasteiger partial charge in [0, 0.05) is 18.5 Å². The van der Waals surface area contributed by atoms with Crippen LogP contribution in [0.3, 0.4) is 0 Å². The zero-order chi connectivity index (χ0) is 23.8. The summed E-state index contributed by atoms with van der Waals surface area (Å²) in [6, 6.07) is -0.0447. The maximum Gasteiger partial charge on any atom is 0.244 e. The van der Waals surface area contributed by atoms with E-state index in [2.05, 4.69) is 24.4 Å². The molecule has 3 atom stereocenters. The summed E-state index contributed by atoms with van der Waals surface area (Å²) in [6.07, 6.45) is 22.3. The Morgan fingerprint density at radius 1 is 1.03 bits per heavy atom. The van der Waals surface area contributed by atoms with Gasteiger partial charge in [-0.3, -0.25) is 9.59 Å². The lowest BCUT2D eigenvalue weighted by Gasteiger charge is -2.14. The lowest BCUT2D eigenvalue weighted by molar-refractivity contribution is -0.117. The molecule has 5 nitrogen and oxygen atoms in total. The van der Waals surface area contributed by atoms with Crippen LogP contribution in [0.4, 0.5) is 0 Å². The molecule has 0 spiro atoms. The van der Waals surface area contributed by atoms with Crippen LogP contribution in [0.5, 0.6) is 0 Å². The molecular formula is C27H37NO4. The molecule has 0 aliphatic carbocycles. The number of carbonyl (C=O) groups excluding carboxylic acids is 2. The van der Waals surface area contributed by atoms with Gasteiger partial charge in [0.25, 0.3) is 0 Å². The predicted molar refractivity (Wildman–Crippen MR) is 131 cm³/mol. The van der Waals surface area contributed by atoms with Gasteiger partial charge in [0.15, 0.2) is 5.78 Å². The molecule has 3 N–H and O–H groups in total. The highest BCUT2D eigenvalue weighted by Crippen LogP contribution is 2.08. The minimum atomic E-state index is -1.11. The van der Waals surface area contributed by atoms with Crippen LogP contribution >= 0.6 is 0 Å². The van der Waals surface area contributed by atoms with Gasteiger partial charge in [-0.15, -0.1) is 0 Å². The van der Waals surface area contributed by atoms with E-state index in [1.165, 1.54) is 18.2 Å². The van der Waals surface area contributed by atoms with E-state index in [0.29, 0.717) is 12.0 Å². The van der Waals surface area contributed by atoms with Crippen LogP contribution < -0.4 is 5.32 Å². The van der Waals surface area contributed by atoms with Gasteiger partial charge in [0.2, 0.25) is 5.91 Å². The number of Topliss-reactive ketones (excluding diaryl/α,β-unsaturated/α-hetero) is 1. The summed E-state index contributed by atoms with van der Waals surface area (Å²) >= 11 is 0. The van der Waals surface area contributed by atoms with Crippen molar-refractivity contribution in [1.82, 2.24) is 5.32 Å². The Morgan fingerprint density at radius 2 is 1.78 bits per heavy atom. The Labute approximate surface area is 192 Å². The van der Waals surface area contributed by atoms with Gasteiger partial charge >= 0.3 is 0 Å². The number of hydrogen-bond acceptors (Lipinski definition) is 4. The van der Waals surface area contributed by atoms with Gasteiger partial charge in [-0.25, -0.2) is 0 Å². The average Bonchev–Trinajstić information content (AvgIpc) is 2.75. The zero-order valence-electron chi connectivity index (χ0n) is 19.4. The number of allylic oxidation sites excluding steroid dienone is 9. The molecule has 0 bridgehead atoms.